The Bertz CT molecular complexity index is 445. The molecule has 0 aliphatic carbocycles. The van der Waals surface area contributed by atoms with Crippen LogP contribution in [0.5, 0.6) is 0 Å². The van der Waals surface area contributed by atoms with Crippen LogP contribution in [0, 0.1) is 0 Å². The molecule has 0 aliphatic rings. The summed E-state index contributed by atoms with van der Waals surface area (Å²) in [5.41, 5.74) is 6.54. The lowest BCUT2D eigenvalue weighted by atomic mass is 10.1. The molecule has 0 spiro atoms. The molecule has 8 heteroatoms. The van der Waals surface area contributed by atoms with Crippen molar-refractivity contribution in [3.05, 3.63) is 40.3 Å². The van der Waals surface area contributed by atoms with E-state index in [0.717, 1.165) is 12.1 Å². The Morgan fingerprint density at radius 3 is 2.19 bits per heavy atom. The molecule has 1 N–H and O–H groups in total. The molecule has 0 aromatic heterocycles. The van der Waals surface area contributed by atoms with Crippen molar-refractivity contribution in [1.82, 2.24) is 0 Å². The predicted octanol–water partition coefficient (Wildman–Crippen LogP) is 3.37. The number of hydrogen-bond donors (Lipinski definition) is 1. The molecule has 1 rings (SSSR count). The molecule has 16 heavy (non-hydrogen) atoms. The summed E-state index contributed by atoms with van der Waals surface area (Å²) in [6.45, 7) is 0. The van der Waals surface area contributed by atoms with Gasteiger partial charge >= 0.3 is 6.18 Å². The van der Waals surface area contributed by atoms with Crippen LogP contribution in [0.15, 0.2) is 34.5 Å². The Kier molecular flexibility index (Phi) is 3.37. The van der Waals surface area contributed by atoms with Crippen molar-refractivity contribution in [1.29, 1.82) is 0 Å². The van der Waals surface area contributed by atoms with E-state index < -0.39 is 11.9 Å². The lowest BCUT2D eigenvalue weighted by Gasteiger charge is -2.08. The predicted molar refractivity (Wildman–Crippen MR) is 49.6 cm³/mol. The van der Waals surface area contributed by atoms with Gasteiger partial charge in [0.05, 0.1) is 0 Å². The van der Waals surface area contributed by atoms with Crippen LogP contribution in [0.4, 0.5) is 18.9 Å². The van der Waals surface area contributed by atoms with Gasteiger partial charge in [0.1, 0.15) is 0 Å². The summed E-state index contributed by atoms with van der Waals surface area (Å²) in [6, 6.07) is 4.47. The number of azide groups is 1. The van der Waals surface area contributed by atoms with E-state index in [-0.39, 0.29) is 11.3 Å². The summed E-state index contributed by atoms with van der Waals surface area (Å²) in [7, 11) is 0. The van der Waals surface area contributed by atoms with Crippen LogP contribution < -0.4 is 0 Å². The van der Waals surface area contributed by atoms with Gasteiger partial charge in [-0.3, -0.25) is 0 Å². The van der Waals surface area contributed by atoms with Crippen molar-refractivity contribution in [2.45, 2.75) is 6.18 Å². The van der Waals surface area contributed by atoms with Crippen LogP contribution in [0.25, 0.3) is 10.4 Å². The van der Waals surface area contributed by atoms with Gasteiger partial charge in [-0.2, -0.15) is 13.2 Å². The minimum Gasteiger partial charge on any atom is -0.410 e. The summed E-state index contributed by atoms with van der Waals surface area (Å²) < 4.78 is 36.8. The lowest BCUT2D eigenvalue weighted by Crippen LogP contribution is -2.23. The van der Waals surface area contributed by atoms with E-state index in [1.807, 2.05) is 0 Å². The second kappa shape index (κ2) is 4.54. The van der Waals surface area contributed by atoms with E-state index >= 15 is 0 Å². The molecule has 84 valence electrons. The average Bonchev–Trinajstić information content (AvgIpc) is 2.20. The maximum atomic E-state index is 12.3. The fourth-order valence-corrected chi connectivity index (χ4v) is 1.02. The summed E-state index contributed by atoms with van der Waals surface area (Å²) in [5.74, 6) is 0. The number of alkyl halides is 3. The number of halogens is 3. The Balaban J connectivity index is 3.10. The zero-order chi connectivity index (χ0) is 12.2. The first-order valence-corrected chi connectivity index (χ1v) is 3.94. The first-order valence-electron chi connectivity index (χ1n) is 3.94. The van der Waals surface area contributed by atoms with E-state index in [9.17, 15) is 13.2 Å². The molecule has 0 saturated carbocycles. The molecule has 0 bridgehead atoms. The second-order valence-electron chi connectivity index (χ2n) is 2.68. The van der Waals surface area contributed by atoms with Crippen molar-refractivity contribution in [3.63, 3.8) is 0 Å². The fourth-order valence-electron chi connectivity index (χ4n) is 1.02. The molecular weight excluding hydrogens is 225 g/mol. The first kappa shape index (κ1) is 11.9. The van der Waals surface area contributed by atoms with Crippen LogP contribution in [0.2, 0.25) is 0 Å². The molecule has 0 amide bonds. The number of benzene rings is 1. The van der Waals surface area contributed by atoms with Gasteiger partial charge in [0.15, 0.2) is 5.71 Å². The molecule has 0 radical (unpaired) electrons. The van der Waals surface area contributed by atoms with Gasteiger partial charge in [0.2, 0.25) is 0 Å². The van der Waals surface area contributed by atoms with Crippen LogP contribution >= 0.6 is 0 Å². The standard InChI is InChI=1S/C8H5F3N4O/c9-8(10,11)7(14-16)5-1-3-6(4-2-5)13-15-12/h1-4,16H/b14-7+. The highest BCUT2D eigenvalue weighted by atomic mass is 19.4. The van der Waals surface area contributed by atoms with Crippen molar-refractivity contribution < 1.29 is 18.4 Å². The highest BCUT2D eigenvalue weighted by Gasteiger charge is 2.37. The third-order valence-corrected chi connectivity index (χ3v) is 1.67. The summed E-state index contributed by atoms with van der Waals surface area (Å²) in [5, 5.41) is 13.7. The topological polar surface area (TPSA) is 81.4 Å². The number of rotatable bonds is 2. The Morgan fingerprint density at radius 2 is 1.81 bits per heavy atom. The summed E-state index contributed by atoms with van der Waals surface area (Å²) in [6.07, 6.45) is -4.74. The van der Waals surface area contributed by atoms with E-state index in [2.05, 4.69) is 15.2 Å². The SMILES string of the molecule is [N-]=[N+]=Nc1ccc(/C(=N\O)C(F)(F)F)cc1. The molecule has 0 unspecified atom stereocenters. The van der Waals surface area contributed by atoms with E-state index in [4.69, 9.17) is 10.7 Å². The van der Waals surface area contributed by atoms with Crippen molar-refractivity contribution >= 4 is 11.4 Å². The van der Waals surface area contributed by atoms with Gasteiger partial charge < -0.3 is 5.21 Å². The highest BCUT2D eigenvalue weighted by Crippen LogP contribution is 2.23. The quantitative estimate of drug-likeness (QED) is 0.207. The molecule has 0 fully saturated rings. The molecule has 1 aromatic carbocycles. The molecule has 5 nitrogen and oxygen atoms in total. The third kappa shape index (κ3) is 2.64. The van der Waals surface area contributed by atoms with Crippen molar-refractivity contribution in [2.75, 3.05) is 0 Å². The van der Waals surface area contributed by atoms with Gasteiger partial charge in [0.25, 0.3) is 0 Å². The fraction of sp³-hybridized carbons (Fsp3) is 0.125. The molecule has 1 aromatic rings. The zero-order valence-corrected chi connectivity index (χ0v) is 7.68. The normalized spacial score (nSPS) is 12.1. The average molecular weight is 230 g/mol. The molecule has 0 atom stereocenters. The van der Waals surface area contributed by atoms with E-state index in [1.165, 1.54) is 12.1 Å². The maximum Gasteiger partial charge on any atom is 0.437 e. The Morgan fingerprint density at radius 1 is 1.25 bits per heavy atom. The van der Waals surface area contributed by atoms with Crippen molar-refractivity contribution in [3.8, 4) is 0 Å². The first-order chi connectivity index (χ1) is 7.49. The number of hydrogen-bond acceptors (Lipinski definition) is 3. The Labute approximate surface area is 87.4 Å². The van der Waals surface area contributed by atoms with Gasteiger partial charge in [-0.25, -0.2) is 0 Å². The summed E-state index contributed by atoms with van der Waals surface area (Å²) in [4.78, 5) is 2.47. The summed E-state index contributed by atoms with van der Waals surface area (Å²) >= 11 is 0. The largest absolute Gasteiger partial charge is 0.437 e. The second-order valence-corrected chi connectivity index (χ2v) is 2.68. The van der Waals surface area contributed by atoms with Crippen LogP contribution in [0.3, 0.4) is 0 Å². The zero-order valence-electron chi connectivity index (χ0n) is 7.68. The van der Waals surface area contributed by atoms with Crippen LogP contribution in [-0.2, 0) is 0 Å². The van der Waals surface area contributed by atoms with Gasteiger partial charge in [-0.15, -0.1) is 0 Å². The Hall–Kier alpha value is -2.21. The third-order valence-electron chi connectivity index (χ3n) is 1.67. The smallest absolute Gasteiger partial charge is 0.410 e. The van der Waals surface area contributed by atoms with Gasteiger partial charge in [-0.05, 0) is 5.53 Å². The molecule has 0 heterocycles. The van der Waals surface area contributed by atoms with Crippen molar-refractivity contribution in [2.24, 2.45) is 10.3 Å². The minimum absolute atomic E-state index is 0.172. The molecular formula is C8H5F3N4O. The van der Waals surface area contributed by atoms with E-state index in [1.54, 1.807) is 0 Å². The molecule has 0 aliphatic heterocycles. The maximum absolute atomic E-state index is 12.3. The lowest BCUT2D eigenvalue weighted by molar-refractivity contribution is -0.0601. The number of nitrogens with zero attached hydrogens (tertiary/aromatic N) is 4. The monoisotopic (exact) mass is 230 g/mol. The van der Waals surface area contributed by atoms with E-state index in [0.29, 0.717) is 0 Å². The van der Waals surface area contributed by atoms with Gasteiger partial charge in [0, 0.05) is 16.2 Å². The highest BCUT2D eigenvalue weighted by molar-refractivity contribution is 6.04. The van der Waals surface area contributed by atoms with Crippen LogP contribution in [-0.4, -0.2) is 17.1 Å². The molecule has 0 saturated heterocycles. The van der Waals surface area contributed by atoms with Gasteiger partial charge in [-0.1, -0.05) is 34.5 Å². The van der Waals surface area contributed by atoms with Crippen LogP contribution in [0.1, 0.15) is 5.56 Å². The minimum atomic E-state index is -4.74. The number of oxime groups is 1.